The number of nitrogens with one attached hydrogen (secondary N) is 1. The van der Waals surface area contributed by atoms with E-state index in [2.05, 4.69) is 9.97 Å². The lowest BCUT2D eigenvalue weighted by atomic mass is 10.2. The highest BCUT2D eigenvalue weighted by molar-refractivity contribution is 7.09. The molecule has 3 rings (SSSR count). The Morgan fingerprint density at radius 2 is 2.08 bits per heavy atom. The van der Waals surface area contributed by atoms with Crippen LogP contribution in [0.4, 0.5) is 0 Å². The van der Waals surface area contributed by atoms with Gasteiger partial charge in [-0.15, -0.1) is 11.3 Å². The molecule has 5 nitrogen and oxygen atoms in total. The molecule has 24 heavy (non-hydrogen) atoms. The van der Waals surface area contributed by atoms with Crippen molar-refractivity contribution in [3.05, 3.63) is 62.8 Å². The number of carbonyl (C=O) groups is 1. The van der Waals surface area contributed by atoms with Gasteiger partial charge < -0.3 is 9.88 Å². The van der Waals surface area contributed by atoms with Gasteiger partial charge >= 0.3 is 0 Å². The molecule has 0 aliphatic rings. The van der Waals surface area contributed by atoms with Gasteiger partial charge in [0.2, 0.25) is 5.91 Å². The van der Waals surface area contributed by atoms with Gasteiger partial charge in [0.25, 0.3) is 5.56 Å². The van der Waals surface area contributed by atoms with E-state index in [4.69, 9.17) is 0 Å². The molecule has 2 heterocycles. The fourth-order valence-electron chi connectivity index (χ4n) is 2.60. The first-order chi connectivity index (χ1) is 11.7. The SMILES string of the molecule is CCN(Cc1cccs1)C(=O)CCc1nc2ccccc2c(=O)[nH]1. The normalized spacial score (nSPS) is 10.9. The maximum Gasteiger partial charge on any atom is 0.258 e. The summed E-state index contributed by atoms with van der Waals surface area (Å²) in [6, 6.07) is 11.2. The van der Waals surface area contributed by atoms with E-state index in [0.717, 1.165) is 0 Å². The predicted octanol–water partition coefficient (Wildman–Crippen LogP) is 2.97. The maximum absolute atomic E-state index is 12.4. The van der Waals surface area contributed by atoms with Gasteiger partial charge in [-0.25, -0.2) is 4.98 Å². The zero-order valence-electron chi connectivity index (χ0n) is 13.5. The molecule has 0 unspecified atom stereocenters. The molecule has 1 amide bonds. The van der Waals surface area contributed by atoms with E-state index >= 15 is 0 Å². The van der Waals surface area contributed by atoms with Crippen LogP contribution < -0.4 is 5.56 Å². The number of fused-ring (bicyclic) bond motifs is 1. The van der Waals surface area contributed by atoms with Crippen molar-refractivity contribution in [1.82, 2.24) is 14.9 Å². The summed E-state index contributed by atoms with van der Waals surface area (Å²) < 4.78 is 0. The minimum atomic E-state index is -0.158. The first-order valence-electron chi connectivity index (χ1n) is 7.95. The largest absolute Gasteiger partial charge is 0.338 e. The van der Waals surface area contributed by atoms with E-state index in [1.54, 1.807) is 17.4 Å². The maximum atomic E-state index is 12.4. The third-order valence-corrected chi connectivity index (χ3v) is 4.76. The number of thiophene rings is 1. The van der Waals surface area contributed by atoms with Gasteiger partial charge in [0.1, 0.15) is 5.82 Å². The number of aromatic nitrogens is 2. The number of aryl methyl sites for hydroxylation is 1. The van der Waals surface area contributed by atoms with E-state index < -0.39 is 0 Å². The molecule has 0 bridgehead atoms. The number of para-hydroxylation sites is 1. The number of aromatic amines is 1. The predicted molar refractivity (Wildman–Crippen MR) is 96.1 cm³/mol. The van der Waals surface area contributed by atoms with E-state index in [1.165, 1.54) is 4.88 Å². The molecule has 1 N–H and O–H groups in total. The van der Waals surface area contributed by atoms with Crippen molar-refractivity contribution in [2.45, 2.75) is 26.3 Å². The number of rotatable bonds is 6. The second-order valence-corrected chi connectivity index (χ2v) is 6.55. The van der Waals surface area contributed by atoms with Gasteiger partial charge in [0.15, 0.2) is 0 Å². The van der Waals surface area contributed by atoms with E-state index in [-0.39, 0.29) is 11.5 Å². The summed E-state index contributed by atoms with van der Waals surface area (Å²) in [6.07, 6.45) is 0.764. The van der Waals surface area contributed by atoms with Crippen molar-refractivity contribution in [2.24, 2.45) is 0 Å². The molecule has 0 atom stereocenters. The number of hydrogen-bond acceptors (Lipinski definition) is 4. The molecular weight excluding hydrogens is 322 g/mol. The molecule has 2 aromatic heterocycles. The topological polar surface area (TPSA) is 66.1 Å². The Labute approximate surface area is 144 Å². The highest BCUT2D eigenvalue weighted by Gasteiger charge is 2.13. The molecule has 0 radical (unpaired) electrons. The second kappa shape index (κ2) is 7.40. The second-order valence-electron chi connectivity index (χ2n) is 5.52. The fourth-order valence-corrected chi connectivity index (χ4v) is 3.32. The van der Waals surface area contributed by atoms with Crippen LogP contribution in [0.2, 0.25) is 0 Å². The van der Waals surface area contributed by atoms with Crippen molar-refractivity contribution in [3.63, 3.8) is 0 Å². The van der Waals surface area contributed by atoms with E-state index in [0.29, 0.717) is 42.7 Å². The van der Waals surface area contributed by atoms with Crippen LogP contribution in [0.1, 0.15) is 24.0 Å². The number of carbonyl (C=O) groups excluding carboxylic acids is 1. The average Bonchev–Trinajstić information content (AvgIpc) is 3.11. The average molecular weight is 341 g/mol. The van der Waals surface area contributed by atoms with Crippen LogP contribution in [0, 0.1) is 0 Å². The van der Waals surface area contributed by atoms with Crippen LogP contribution in [0.3, 0.4) is 0 Å². The molecule has 0 saturated heterocycles. The van der Waals surface area contributed by atoms with Crippen LogP contribution in [0.15, 0.2) is 46.6 Å². The first kappa shape index (κ1) is 16.4. The van der Waals surface area contributed by atoms with Gasteiger partial charge in [-0.05, 0) is 30.5 Å². The number of H-pyrrole nitrogens is 1. The summed E-state index contributed by atoms with van der Waals surface area (Å²) in [5, 5.41) is 2.58. The highest BCUT2D eigenvalue weighted by atomic mass is 32.1. The third kappa shape index (κ3) is 3.71. The highest BCUT2D eigenvalue weighted by Crippen LogP contribution is 2.13. The number of hydrogen-bond donors (Lipinski definition) is 1. The van der Waals surface area contributed by atoms with Crippen molar-refractivity contribution in [1.29, 1.82) is 0 Å². The van der Waals surface area contributed by atoms with Crippen molar-refractivity contribution >= 4 is 28.1 Å². The lowest BCUT2D eigenvalue weighted by Crippen LogP contribution is -2.30. The summed E-state index contributed by atoms with van der Waals surface area (Å²) in [5.74, 6) is 0.626. The summed E-state index contributed by atoms with van der Waals surface area (Å²) in [6.45, 7) is 3.27. The number of amides is 1. The van der Waals surface area contributed by atoms with Gasteiger partial charge in [0, 0.05) is 24.3 Å². The lowest BCUT2D eigenvalue weighted by Gasteiger charge is -2.20. The summed E-state index contributed by atoms with van der Waals surface area (Å²) in [5.41, 5.74) is 0.503. The smallest absolute Gasteiger partial charge is 0.258 e. The molecule has 0 aliphatic heterocycles. The molecule has 0 aliphatic carbocycles. The molecule has 6 heteroatoms. The monoisotopic (exact) mass is 341 g/mol. The molecule has 3 aromatic rings. The van der Waals surface area contributed by atoms with Gasteiger partial charge in [-0.3, -0.25) is 9.59 Å². The van der Waals surface area contributed by atoms with Crippen molar-refractivity contribution in [3.8, 4) is 0 Å². The Morgan fingerprint density at radius 1 is 1.25 bits per heavy atom. The molecular formula is C18H19N3O2S. The number of benzene rings is 1. The molecule has 0 spiro atoms. The quantitative estimate of drug-likeness (QED) is 0.749. The van der Waals surface area contributed by atoms with Gasteiger partial charge in [-0.2, -0.15) is 0 Å². The van der Waals surface area contributed by atoms with Crippen LogP contribution >= 0.6 is 11.3 Å². The third-order valence-electron chi connectivity index (χ3n) is 3.90. The minimum absolute atomic E-state index is 0.0710. The van der Waals surface area contributed by atoms with Gasteiger partial charge in [-0.1, -0.05) is 18.2 Å². The Morgan fingerprint density at radius 3 is 2.83 bits per heavy atom. The summed E-state index contributed by atoms with van der Waals surface area (Å²) in [4.78, 5) is 34.7. The first-order valence-corrected chi connectivity index (χ1v) is 8.83. The van der Waals surface area contributed by atoms with Crippen molar-refractivity contribution in [2.75, 3.05) is 6.54 Å². The number of nitrogens with zero attached hydrogens (tertiary/aromatic N) is 2. The Bertz CT molecular complexity index is 887. The molecule has 0 fully saturated rings. The Balaban J connectivity index is 1.68. The Hall–Kier alpha value is -2.47. The van der Waals surface area contributed by atoms with Gasteiger partial charge in [0.05, 0.1) is 17.4 Å². The summed E-state index contributed by atoms with van der Waals surface area (Å²) >= 11 is 1.65. The van der Waals surface area contributed by atoms with Crippen LogP contribution in [-0.4, -0.2) is 27.3 Å². The minimum Gasteiger partial charge on any atom is -0.338 e. The molecule has 0 saturated carbocycles. The Kier molecular flexibility index (Phi) is 5.05. The standard InChI is InChI=1S/C18H19N3O2S/c1-2-21(12-13-6-5-11-24-13)17(22)10-9-16-19-15-8-4-3-7-14(15)18(23)20-16/h3-8,11H,2,9-10,12H2,1H3,(H,19,20,23). The molecule has 1 aromatic carbocycles. The van der Waals surface area contributed by atoms with E-state index in [9.17, 15) is 9.59 Å². The molecule has 124 valence electrons. The van der Waals surface area contributed by atoms with Crippen LogP contribution in [0.25, 0.3) is 10.9 Å². The fraction of sp³-hybridized carbons (Fsp3) is 0.278. The van der Waals surface area contributed by atoms with Crippen molar-refractivity contribution < 1.29 is 4.79 Å². The zero-order valence-corrected chi connectivity index (χ0v) is 14.3. The van der Waals surface area contributed by atoms with Crippen LogP contribution in [-0.2, 0) is 17.8 Å². The van der Waals surface area contributed by atoms with Crippen LogP contribution in [0.5, 0.6) is 0 Å². The lowest BCUT2D eigenvalue weighted by molar-refractivity contribution is -0.131. The zero-order chi connectivity index (χ0) is 16.9. The summed E-state index contributed by atoms with van der Waals surface area (Å²) in [7, 11) is 0. The van der Waals surface area contributed by atoms with E-state index in [1.807, 2.05) is 47.5 Å².